The van der Waals surface area contributed by atoms with Crippen molar-refractivity contribution in [2.24, 2.45) is 5.73 Å². The maximum Gasteiger partial charge on any atom is 0.256 e. The first-order valence-electron chi connectivity index (χ1n) is 8.54. The number of nitrogens with two attached hydrogens (primary N) is 1. The van der Waals surface area contributed by atoms with E-state index in [0.29, 0.717) is 17.1 Å². The van der Waals surface area contributed by atoms with Crippen molar-refractivity contribution in [3.05, 3.63) is 47.0 Å². The van der Waals surface area contributed by atoms with Crippen LogP contribution in [-0.4, -0.2) is 46.5 Å². The van der Waals surface area contributed by atoms with Crippen molar-refractivity contribution in [3.8, 4) is 17.6 Å². The van der Waals surface area contributed by atoms with E-state index in [1.165, 1.54) is 26.2 Å². The van der Waals surface area contributed by atoms with Crippen molar-refractivity contribution in [2.45, 2.75) is 25.2 Å². The second kappa shape index (κ2) is 7.86. The maximum absolute atomic E-state index is 14.5. The molecule has 3 rings (SSSR count). The van der Waals surface area contributed by atoms with Crippen LogP contribution in [0, 0.1) is 17.7 Å². The first-order valence-corrected chi connectivity index (χ1v) is 8.54. The molecule has 0 saturated carbocycles. The van der Waals surface area contributed by atoms with E-state index < -0.39 is 30.0 Å². The molecule has 6 N–H and O–H groups in total. The number of aliphatic hydroxyl groups excluding tert-OH is 2. The molecule has 1 aliphatic rings. The molecule has 1 aromatic heterocycles. The van der Waals surface area contributed by atoms with Crippen molar-refractivity contribution >= 4 is 23.2 Å². The van der Waals surface area contributed by atoms with Gasteiger partial charge in [0.2, 0.25) is 0 Å². The number of hydrogen-bond donors (Lipinski definition) is 5. The molecule has 0 radical (unpaired) electrons. The number of nitrogens with one attached hydrogen (secondary N) is 2. The molecular formula is C20H20FN3O4. The molecule has 7 nitrogen and oxygen atoms in total. The summed E-state index contributed by atoms with van der Waals surface area (Å²) < 4.78 is 19.7. The number of methoxy groups -OCH3 is 1. The van der Waals surface area contributed by atoms with Crippen LogP contribution in [0.5, 0.6) is 5.75 Å². The number of hydrogen-bond acceptors (Lipinski definition) is 5. The van der Waals surface area contributed by atoms with Crippen molar-refractivity contribution in [1.82, 2.24) is 4.98 Å². The van der Waals surface area contributed by atoms with Gasteiger partial charge in [-0.1, -0.05) is 11.8 Å². The molecule has 1 aliphatic heterocycles. The van der Waals surface area contributed by atoms with Crippen LogP contribution in [0.2, 0.25) is 0 Å². The fourth-order valence-electron chi connectivity index (χ4n) is 2.83. The normalized spacial score (nSPS) is 17.4. The molecule has 0 aliphatic carbocycles. The number of fused-ring (bicyclic) bond motifs is 1. The number of amides is 1. The third-order valence-corrected chi connectivity index (χ3v) is 4.43. The highest BCUT2D eigenvalue weighted by Crippen LogP contribution is 2.37. The molecule has 0 fully saturated rings. The van der Waals surface area contributed by atoms with E-state index in [1.54, 1.807) is 18.3 Å². The number of benzene rings is 1. The molecule has 0 bridgehead atoms. The Kier molecular flexibility index (Phi) is 5.51. The SMILES string of the molecule is COc1cc[nH]c1/C=C1\C(=O)Nc2ccc(F)c(C#C[C@H](O)[C@H](N)[C@H](C)O)c21. The number of anilines is 1. The summed E-state index contributed by atoms with van der Waals surface area (Å²) in [6, 6.07) is 3.31. The lowest BCUT2D eigenvalue weighted by Gasteiger charge is -2.16. The first kappa shape index (κ1) is 19.6. The fraction of sp³-hybridized carbons (Fsp3) is 0.250. The van der Waals surface area contributed by atoms with Gasteiger partial charge >= 0.3 is 0 Å². The Bertz CT molecular complexity index is 1000. The number of rotatable bonds is 4. The summed E-state index contributed by atoms with van der Waals surface area (Å²) in [6.45, 7) is 1.42. The zero-order valence-corrected chi connectivity index (χ0v) is 15.3. The van der Waals surface area contributed by atoms with Gasteiger partial charge in [-0.15, -0.1) is 0 Å². The van der Waals surface area contributed by atoms with Gasteiger partial charge in [0.05, 0.1) is 41.8 Å². The van der Waals surface area contributed by atoms with Crippen molar-refractivity contribution in [3.63, 3.8) is 0 Å². The molecule has 8 heteroatoms. The largest absolute Gasteiger partial charge is 0.495 e. The minimum absolute atomic E-state index is 0.0514. The summed E-state index contributed by atoms with van der Waals surface area (Å²) in [6.07, 6.45) is 0.840. The highest BCUT2D eigenvalue weighted by Gasteiger charge is 2.29. The second-order valence-corrected chi connectivity index (χ2v) is 6.35. The van der Waals surface area contributed by atoms with Gasteiger partial charge in [0.25, 0.3) is 5.91 Å². The third-order valence-electron chi connectivity index (χ3n) is 4.43. The van der Waals surface area contributed by atoms with E-state index >= 15 is 0 Å². The van der Waals surface area contributed by atoms with Crippen LogP contribution in [0.3, 0.4) is 0 Å². The van der Waals surface area contributed by atoms with Crippen LogP contribution in [0.4, 0.5) is 10.1 Å². The highest BCUT2D eigenvalue weighted by molar-refractivity contribution is 6.35. The number of halogens is 1. The van der Waals surface area contributed by atoms with E-state index in [-0.39, 0.29) is 16.7 Å². The predicted molar refractivity (Wildman–Crippen MR) is 103 cm³/mol. The number of aliphatic hydroxyl groups is 2. The number of H-pyrrole nitrogens is 1. The minimum Gasteiger partial charge on any atom is -0.495 e. The zero-order valence-electron chi connectivity index (χ0n) is 15.3. The van der Waals surface area contributed by atoms with E-state index in [2.05, 4.69) is 22.1 Å². The summed E-state index contributed by atoms with van der Waals surface area (Å²) >= 11 is 0. The molecule has 3 atom stereocenters. The minimum atomic E-state index is -1.36. The lowest BCUT2D eigenvalue weighted by Crippen LogP contribution is -2.42. The maximum atomic E-state index is 14.5. The monoisotopic (exact) mass is 385 g/mol. The summed E-state index contributed by atoms with van der Waals surface area (Å²) in [7, 11) is 1.50. The topological polar surface area (TPSA) is 121 Å². The Balaban J connectivity index is 2.09. The number of ether oxygens (including phenoxy) is 1. The average Bonchev–Trinajstić information content (AvgIpc) is 3.24. The molecule has 1 amide bonds. The molecule has 2 aromatic rings. The van der Waals surface area contributed by atoms with Gasteiger partial charge in [-0.25, -0.2) is 4.39 Å². The molecule has 0 saturated heterocycles. The van der Waals surface area contributed by atoms with Crippen LogP contribution >= 0.6 is 0 Å². The summed E-state index contributed by atoms with van der Waals surface area (Å²) in [5.41, 5.74) is 7.04. The number of carbonyl (C=O) groups excluding carboxylic acids is 1. The van der Waals surface area contributed by atoms with Crippen molar-refractivity contribution in [1.29, 1.82) is 0 Å². The zero-order chi connectivity index (χ0) is 20.4. The van der Waals surface area contributed by atoms with E-state index in [1.807, 2.05) is 0 Å². The van der Waals surface area contributed by atoms with Gasteiger partial charge in [-0.3, -0.25) is 4.79 Å². The van der Waals surface area contributed by atoms with Crippen LogP contribution < -0.4 is 15.8 Å². The quantitative estimate of drug-likeness (QED) is 0.398. The second-order valence-electron chi connectivity index (χ2n) is 6.35. The highest BCUT2D eigenvalue weighted by atomic mass is 19.1. The van der Waals surface area contributed by atoms with Crippen LogP contribution in [0.25, 0.3) is 11.6 Å². The molecule has 1 aromatic carbocycles. The standard InChI is InChI=1S/C20H20FN3O4/c1-10(25)19(22)16(26)6-3-11-13(21)4-5-14-18(11)12(20(27)24-14)9-15-17(28-2)7-8-23-15/h4-5,7-10,16,19,23,25-26H,22H2,1-2H3,(H,24,27)/b12-9-/t10-,16-,19+/m0/s1. The van der Waals surface area contributed by atoms with Gasteiger partial charge in [-0.05, 0) is 31.2 Å². The Labute approximate surface area is 161 Å². The molecule has 0 unspecified atom stereocenters. The number of carbonyl (C=O) groups is 1. The van der Waals surface area contributed by atoms with Gasteiger partial charge in [0.15, 0.2) is 0 Å². The van der Waals surface area contributed by atoms with Crippen molar-refractivity contribution in [2.75, 3.05) is 12.4 Å². The fourth-order valence-corrected chi connectivity index (χ4v) is 2.83. The summed E-state index contributed by atoms with van der Waals surface area (Å²) in [4.78, 5) is 15.4. The molecule has 2 heterocycles. The van der Waals surface area contributed by atoms with E-state index in [9.17, 15) is 19.4 Å². The number of aromatic nitrogens is 1. The lowest BCUT2D eigenvalue weighted by molar-refractivity contribution is -0.110. The van der Waals surface area contributed by atoms with Crippen LogP contribution in [-0.2, 0) is 4.79 Å². The Morgan fingerprint density at radius 1 is 1.32 bits per heavy atom. The van der Waals surface area contributed by atoms with E-state index in [0.717, 1.165) is 0 Å². The summed E-state index contributed by atoms with van der Waals surface area (Å²) in [5, 5.41) is 22.1. The molecular weight excluding hydrogens is 365 g/mol. The first-order chi connectivity index (χ1) is 13.3. The van der Waals surface area contributed by atoms with Crippen LogP contribution in [0.1, 0.15) is 23.7 Å². The Morgan fingerprint density at radius 2 is 2.07 bits per heavy atom. The Morgan fingerprint density at radius 3 is 2.75 bits per heavy atom. The average molecular weight is 385 g/mol. The van der Waals surface area contributed by atoms with Crippen LogP contribution in [0.15, 0.2) is 24.4 Å². The van der Waals surface area contributed by atoms with Crippen molar-refractivity contribution < 1.29 is 24.1 Å². The van der Waals surface area contributed by atoms with E-state index in [4.69, 9.17) is 10.5 Å². The van der Waals surface area contributed by atoms with Gasteiger partial charge in [-0.2, -0.15) is 0 Å². The van der Waals surface area contributed by atoms with Gasteiger partial charge in [0, 0.05) is 11.8 Å². The molecule has 146 valence electrons. The summed E-state index contributed by atoms with van der Waals surface area (Å²) in [5.74, 6) is 4.48. The number of aromatic amines is 1. The van der Waals surface area contributed by atoms with Gasteiger partial charge < -0.3 is 31.0 Å². The third kappa shape index (κ3) is 3.64. The molecule has 28 heavy (non-hydrogen) atoms. The lowest BCUT2D eigenvalue weighted by atomic mass is 9.98. The van der Waals surface area contributed by atoms with Gasteiger partial charge in [0.1, 0.15) is 17.7 Å². The molecule has 0 spiro atoms. The smallest absolute Gasteiger partial charge is 0.256 e. The predicted octanol–water partition coefficient (Wildman–Crippen LogP) is 1.08. The Hall–Kier alpha value is -3.12.